The predicted molar refractivity (Wildman–Crippen MR) is 52.6 cm³/mol. The first-order chi connectivity index (χ1) is 6.07. The summed E-state index contributed by atoms with van der Waals surface area (Å²) in [6, 6.07) is 1.74. The largest absolute Gasteiger partial charge is 0.300 e. The van der Waals surface area contributed by atoms with Crippen molar-refractivity contribution in [2.45, 2.75) is 20.5 Å². The maximum absolute atomic E-state index is 13.5. The Hall–Kier alpha value is -0.450. The molecule has 0 unspecified atom stereocenters. The van der Waals surface area contributed by atoms with Crippen LogP contribution >= 0.6 is 15.9 Å². The van der Waals surface area contributed by atoms with E-state index in [9.17, 15) is 4.39 Å². The van der Waals surface area contributed by atoms with E-state index in [1.165, 1.54) is 0 Å². The summed E-state index contributed by atoms with van der Waals surface area (Å²) in [5, 5.41) is 0. The van der Waals surface area contributed by atoms with E-state index in [1.54, 1.807) is 13.0 Å². The molecule has 0 aromatic heterocycles. The van der Waals surface area contributed by atoms with Crippen LogP contribution < -0.4 is 5.90 Å². The van der Waals surface area contributed by atoms with E-state index in [0.717, 1.165) is 10.0 Å². The van der Waals surface area contributed by atoms with Gasteiger partial charge in [-0.1, -0.05) is 15.9 Å². The fraction of sp³-hybridized carbons (Fsp3) is 0.333. The molecule has 13 heavy (non-hydrogen) atoms. The van der Waals surface area contributed by atoms with Gasteiger partial charge in [-0.25, -0.2) is 10.3 Å². The summed E-state index contributed by atoms with van der Waals surface area (Å²) >= 11 is 3.34. The van der Waals surface area contributed by atoms with E-state index in [0.29, 0.717) is 11.1 Å². The van der Waals surface area contributed by atoms with Crippen LogP contribution in [0.25, 0.3) is 0 Å². The third-order valence-electron chi connectivity index (χ3n) is 1.99. The van der Waals surface area contributed by atoms with E-state index in [-0.39, 0.29) is 12.4 Å². The quantitative estimate of drug-likeness (QED) is 0.816. The van der Waals surface area contributed by atoms with Crippen molar-refractivity contribution in [1.82, 2.24) is 0 Å². The van der Waals surface area contributed by atoms with Crippen LogP contribution in [0.4, 0.5) is 4.39 Å². The summed E-state index contributed by atoms with van der Waals surface area (Å²) in [4.78, 5) is 4.44. The van der Waals surface area contributed by atoms with Crippen molar-refractivity contribution in [2.24, 2.45) is 5.90 Å². The van der Waals surface area contributed by atoms with Crippen molar-refractivity contribution in [3.8, 4) is 0 Å². The van der Waals surface area contributed by atoms with Gasteiger partial charge in [-0.3, -0.25) is 4.84 Å². The van der Waals surface area contributed by atoms with Gasteiger partial charge in [0.1, 0.15) is 5.82 Å². The average Bonchev–Trinajstić information content (AvgIpc) is 2.09. The van der Waals surface area contributed by atoms with Crippen molar-refractivity contribution in [1.29, 1.82) is 0 Å². The fourth-order valence-electron chi connectivity index (χ4n) is 1.16. The van der Waals surface area contributed by atoms with Gasteiger partial charge in [0.2, 0.25) is 0 Å². The molecule has 0 amide bonds. The van der Waals surface area contributed by atoms with Gasteiger partial charge in [0, 0.05) is 10.0 Å². The van der Waals surface area contributed by atoms with Crippen LogP contribution in [0.2, 0.25) is 0 Å². The molecular formula is C9H11BrFNO. The first-order valence-electron chi connectivity index (χ1n) is 3.83. The van der Waals surface area contributed by atoms with Gasteiger partial charge in [-0.2, -0.15) is 0 Å². The molecular weight excluding hydrogens is 237 g/mol. The molecule has 2 nitrogen and oxygen atoms in total. The normalized spacial score (nSPS) is 10.5. The van der Waals surface area contributed by atoms with Gasteiger partial charge in [-0.15, -0.1) is 0 Å². The molecule has 0 heterocycles. The van der Waals surface area contributed by atoms with E-state index in [2.05, 4.69) is 20.8 Å². The van der Waals surface area contributed by atoms with Crippen molar-refractivity contribution in [3.05, 3.63) is 33.0 Å². The van der Waals surface area contributed by atoms with E-state index < -0.39 is 0 Å². The van der Waals surface area contributed by atoms with Crippen LogP contribution in [0.3, 0.4) is 0 Å². The summed E-state index contributed by atoms with van der Waals surface area (Å²) in [5.41, 5.74) is 1.92. The zero-order valence-electron chi connectivity index (χ0n) is 7.53. The summed E-state index contributed by atoms with van der Waals surface area (Å²) in [5.74, 6) is 4.67. The van der Waals surface area contributed by atoms with Crippen molar-refractivity contribution in [2.75, 3.05) is 0 Å². The van der Waals surface area contributed by atoms with E-state index >= 15 is 0 Å². The number of benzene rings is 1. The van der Waals surface area contributed by atoms with E-state index in [4.69, 9.17) is 5.90 Å². The molecule has 0 fully saturated rings. The van der Waals surface area contributed by atoms with Gasteiger partial charge >= 0.3 is 0 Å². The standard InChI is InChI=1S/C9H11BrFNO/c1-5-3-8(10)6(2)7(4-13-12)9(5)11/h3H,4,12H2,1-2H3. The number of halogens is 2. The van der Waals surface area contributed by atoms with Crippen LogP contribution in [-0.4, -0.2) is 0 Å². The second-order valence-corrected chi connectivity index (χ2v) is 3.76. The number of aryl methyl sites for hydroxylation is 1. The van der Waals surface area contributed by atoms with Gasteiger partial charge in [0.15, 0.2) is 0 Å². The average molecular weight is 248 g/mol. The molecule has 4 heteroatoms. The smallest absolute Gasteiger partial charge is 0.132 e. The van der Waals surface area contributed by atoms with Crippen LogP contribution in [-0.2, 0) is 11.4 Å². The van der Waals surface area contributed by atoms with Crippen molar-refractivity contribution in [3.63, 3.8) is 0 Å². The Kier molecular flexibility index (Phi) is 3.41. The first kappa shape index (κ1) is 10.6. The van der Waals surface area contributed by atoms with E-state index in [1.807, 2.05) is 6.92 Å². The van der Waals surface area contributed by atoms with Gasteiger partial charge in [0.05, 0.1) is 6.61 Å². The third kappa shape index (κ3) is 2.07. The van der Waals surface area contributed by atoms with Crippen LogP contribution in [0.1, 0.15) is 16.7 Å². The van der Waals surface area contributed by atoms with Crippen LogP contribution in [0, 0.1) is 19.7 Å². The molecule has 0 saturated carbocycles. The lowest BCUT2D eigenvalue weighted by molar-refractivity contribution is 0.121. The summed E-state index contributed by atoms with van der Waals surface area (Å²) in [6.45, 7) is 3.62. The summed E-state index contributed by atoms with van der Waals surface area (Å²) < 4.78 is 14.3. The zero-order valence-corrected chi connectivity index (χ0v) is 9.11. The molecule has 2 N–H and O–H groups in total. The Morgan fingerprint density at radius 1 is 1.54 bits per heavy atom. The topological polar surface area (TPSA) is 35.2 Å². The molecule has 0 aliphatic rings. The number of rotatable bonds is 2. The van der Waals surface area contributed by atoms with Crippen LogP contribution in [0.15, 0.2) is 10.5 Å². The molecule has 1 aromatic carbocycles. The molecule has 1 aromatic rings. The number of hydrogen-bond donors (Lipinski definition) is 1. The highest BCUT2D eigenvalue weighted by Crippen LogP contribution is 2.25. The molecule has 0 aliphatic carbocycles. The molecule has 0 aliphatic heterocycles. The second-order valence-electron chi connectivity index (χ2n) is 2.90. The SMILES string of the molecule is Cc1cc(Br)c(C)c(CON)c1F. The Labute approximate surface area is 85.0 Å². The maximum Gasteiger partial charge on any atom is 0.132 e. The molecule has 0 bridgehead atoms. The predicted octanol–water partition coefficient (Wildman–Crippen LogP) is 2.60. The van der Waals surface area contributed by atoms with Crippen molar-refractivity contribution >= 4 is 15.9 Å². The number of nitrogens with two attached hydrogens (primary N) is 1. The minimum atomic E-state index is -0.244. The highest BCUT2D eigenvalue weighted by atomic mass is 79.9. The molecule has 0 spiro atoms. The summed E-state index contributed by atoms with van der Waals surface area (Å²) in [7, 11) is 0. The number of hydrogen-bond acceptors (Lipinski definition) is 2. The molecule has 72 valence electrons. The fourth-order valence-corrected chi connectivity index (χ4v) is 1.75. The zero-order chi connectivity index (χ0) is 10.0. The van der Waals surface area contributed by atoms with Crippen molar-refractivity contribution < 1.29 is 9.23 Å². The lowest BCUT2D eigenvalue weighted by Crippen LogP contribution is -2.05. The van der Waals surface area contributed by atoms with Crippen LogP contribution in [0.5, 0.6) is 0 Å². The Bertz CT molecular complexity index is 302. The summed E-state index contributed by atoms with van der Waals surface area (Å²) in [6.07, 6.45) is 0. The maximum atomic E-state index is 13.5. The Morgan fingerprint density at radius 2 is 2.15 bits per heavy atom. The minimum Gasteiger partial charge on any atom is -0.300 e. The van der Waals surface area contributed by atoms with Gasteiger partial charge in [-0.05, 0) is 31.0 Å². The minimum absolute atomic E-state index is 0.0952. The van der Waals surface area contributed by atoms with Gasteiger partial charge < -0.3 is 0 Å². The third-order valence-corrected chi connectivity index (χ3v) is 2.82. The lowest BCUT2D eigenvalue weighted by atomic mass is 10.1. The second kappa shape index (κ2) is 4.17. The highest BCUT2D eigenvalue weighted by molar-refractivity contribution is 9.10. The lowest BCUT2D eigenvalue weighted by Gasteiger charge is -2.10. The molecule has 0 radical (unpaired) electrons. The molecule has 0 atom stereocenters. The molecule has 0 saturated heterocycles. The van der Waals surface area contributed by atoms with Gasteiger partial charge in [0.25, 0.3) is 0 Å². The molecule has 1 rings (SSSR count). The first-order valence-corrected chi connectivity index (χ1v) is 4.63. The highest BCUT2D eigenvalue weighted by Gasteiger charge is 2.11. The monoisotopic (exact) mass is 247 g/mol. The Morgan fingerprint density at radius 3 is 2.69 bits per heavy atom. The Balaban J connectivity index is 3.28.